The van der Waals surface area contributed by atoms with Crippen LogP contribution in [0.5, 0.6) is 0 Å². The van der Waals surface area contributed by atoms with E-state index in [2.05, 4.69) is 77.0 Å². The summed E-state index contributed by atoms with van der Waals surface area (Å²) in [5.41, 5.74) is 4.53. The maximum absolute atomic E-state index is 10.7. The van der Waals surface area contributed by atoms with Crippen molar-refractivity contribution >= 4 is 29.6 Å². The highest BCUT2D eigenvalue weighted by Crippen LogP contribution is 2.25. The molecule has 0 saturated carbocycles. The summed E-state index contributed by atoms with van der Waals surface area (Å²) in [7, 11) is 2.18. The summed E-state index contributed by atoms with van der Waals surface area (Å²) in [4.78, 5) is 16.6. The van der Waals surface area contributed by atoms with E-state index in [1.54, 1.807) is 0 Å². The lowest BCUT2D eigenvalue weighted by Crippen LogP contribution is -2.44. The predicted octanol–water partition coefficient (Wildman–Crippen LogP) is 6.01. The molecule has 4 rings (SSSR count). The Hall–Kier alpha value is -2.76. The zero-order valence-electron chi connectivity index (χ0n) is 19.0. The molecule has 5 heteroatoms. The lowest BCUT2D eigenvalue weighted by atomic mass is 10.1. The summed E-state index contributed by atoms with van der Waals surface area (Å²) >= 11 is 1.53. The average Bonchev–Trinajstić information content (AvgIpc) is 2.85. The number of aldehydes is 1. The highest BCUT2D eigenvalue weighted by molar-refractivity contribution is 8.00. The fourth-order valence-corrected chi connectivity index (χ4v) is 4.34. The van der Waals surface area contributed by atoms with Crippen LogP contribution < -0.4 is 9.62 Å². The molecule has 0 atom stereocenters. The van der Waals surface area contributed by atoms with E-state index in [-0.39, 0.29) is 0 Å². The molecule has 0 aromatic heterocycles. The number of nitrogens with one attached hydrogen (secondary N) is 1. The van der Waals surface area contributed by atoms with Gasteiger partial charge in [-0.15, -0.1) is 0 Å². The van der Waals surface area contributed by atoms with Crippen LogP contribution in [0, 0.1) is 0 Å². The average molecular weight is 448 g/mol. The van der Waals surface area contributed by atoms with Crippen LogP contribution in [0.2, 0.25) is 0 Å². The number of anilines is 2. The quantitative estimate of drug-likeness (QED) is 0.354. The molecule has 0 bridgehead atoms. The van der Waals surface area contributed by atoms with Gasteiger partial charge in [-0.05, 0) is 61.3 Å². The van der Waals surface area contributed by atoms with E-state index >= 15 is 0 Å². The molecule has 1 aliphatic rings. The summed E-state index contributed by atoms with van der Waals surface area (Å²) < 4.78 is 3.37. The van der Waals surface area contributed by atoms with Crippen molar-refractivity contribution in [2.24, 2.45) is 0 Å². The second-order valence-electron chi connectivity index (χ2n) is 7.93. The van der Waals surface area contributed by atoms with Crippen molar-refractivity contribution in [1.82, 2.24) is 4.90 Å². The van der Waals surface area contributed by atoms with E-state index in [0.717, 1.165) is 42.8 Å². The first-order valence-electron chi connectivity index (χ1n) is 11.2. The SMILES string of the molecule is CCCc1ccccc1NSc1cccc(C=O)c1.CN1CCN(c2ccccc2)CC1. The zero-order valence-corrected chi connectivity index (χ0v) is 19.9. The van der Waals surface area contributed by atoms with Crippen molar-refractivity contribution in [2.45, 2.75) is 24.7 Å². The summed E-state index contributed by atoms with van der Waals surface area (Å²) in [6.45, 7) is 6.84. The summed E-state index contributed by atoms with van der Waals surface area (Å²) in [6.07, 6.45) is 3.07. The highest BCUT2D eigenvalue weighted by Gasteiger charge is 2.13. The monoisotopic (exact) mass is 447 g/mol. The van der Waals surface area contributed by atoms with Gasteiger partial charge in [-0.25, -0.2) is 0 Å². The molecule has 1 saturated heterocycles. The van der Waals surface area contributed by atoms with Crippen molar-refractivity contribution in [3.05, 3.63) is 90.0 Å². The number of hydrogen-bond acceptors (Lipinski definition) is 5. The first-order valence-corrected chi connectivity index (χ1v) is 12.1. The minimum absolute atomic E-state index is 0.702. The van der Waals surface area contributed by atoms with E-state index in [1.165, 1.54) is 36.3 Å². The van der Waals surface area contributed by atoms with Crippen LogP contribution >= 0.6 is 11.9 Å². The van der Waals surface area contributed by atoms with Crippen molar-refractivity contribution in [2.75, 3.05) is 42.8 Å². The van der Waals surface area contributed by atoms with Gasteiger partial charge in [-0.2, -0.15) is 0 Å². The third-order valence-electron chi connectivity index (χ3n) is 5.43. The van der Waals surface area contributed by atoms with Gasteiger partial charge in [0.2, 0.25) is 0 Å². The van der Waals surface area contributed by atoms with Crippen LogP contribution in [-0.2, 0) is 6.42 Å². The molecule has 1 N–H and O–H groups in total. The number of para-hydroxylation sites is 2. The Balaban J connectivity index is 0.000000193. The lowest BCUT2D eigenvalue weighted by molar-refractivity contribution is 0.112. The van der Waals surface area contributed by atoms with Crippen molar-refractivity contribution in [3.63, 3.8) is 0 Å². The molecule has 0 spiro atoms. The van der Waals surface area contributed by atoms with Crippen molar-refractivity contribution < 1.29 is 4.79 Å². The molecule has 1 aliphatic heterocycles. The minimum atomic E-state index is 0.702. The van der Waals surface area contributed by atoms with Gasteiger partial charge >= 0.3 is 0 Å². The van der Waals surface area contributed by atoms with E-state index in [9.17, 15) is 4.79 Å². The number of rotatable bonds is 7. The Morgan fingerprint density at radius 1 is 0.906 bits per heavy atom. The zero-order chi connectivity index (χ0) is 22.6. The second kappa shape index (κ2) is 12.9. The number of carbonyl (C=O) groups is 1. The molecule has 0 radical (unpaired) electrons. The first kappa shape index (κ1) is 23.9. The molecule has 0 aliphatic carbocycles. The van der Waals surface area contributed by atoms with Gasteiger partial charge in [0.25, 0.3) is 0 Å². The Bertz CT molecular complexity index is 956. The van der Waals surface area contributed by atoms with E-state index in [0.29, 0.717) is 5.56 Å². The fourth-order valence-electron chi connectivity index (χ4n) is 3.58. The van der Waals surface area contributed by atoms with Gasteiger partial charge in [0, 0.05) is 48.0 Å². The standard InChI is InChI=1S/C16H17NOS.C11H16N2/c1-2-6-14-8-3-4-10-16(14)17-19-15-9-5-7-13(11-15)12-18;1-12-7-9-13(10-8-12)11-5-3-2-4-6-11/h3-5,7-12,17H,2,6H2,1H3;2-6H,7-10H2,1H3. The molecule has 0 amide bonds. The number of carbonyl (C=O) groups excluding carboxylic acids is 1. The fraction of sp³-hybridized carbons (Fsp3) is 0.296. The van der Waals surface area contributed by atoms with Crippen LogP contribution in [0.3, 0.4) is 0 Å². The normalized spacial score (nSPS) is 13.8. The van der Waals surface area contributed by atoms with Gasteiger partial charge in [-0.3, -0.25) is 4.79 Å². The smallest absolute Gasteiger partial charge is 0.150 e. The van der Waals surface area contributed by atoms with E-state index in [4.69, 9.17) is 0 Å². The van der Waals surface area contributed by atoms with Gasteiger partial charge < -0.3 is 14.5 Å². The molecule has 32 heavy (non-hydrogen) atoms. The third-order valence-corrected chi connectivity index (χ3v) is 6.25. The van der Waals surface area contributed by atoms with Crippen LogP contribution in [0.25, 0.3) is 0 Å². The lowest BCUT2D eigenvalue weighted by Gasteiger charge is -2.33. The molecular weight excluding hydrogens is 414 g/mol. The Morgan fingerprint density at radius 3 is 2.34 bits per heavy atom. The Kier molecular flexibility index (Phi) is 9.66. The predicted molar refractivity (Wildman–Crippen MR) is 138 cm³/mol. The van der Waals surface area contributed by atoms with Crippen LogP contribution in [0.4, 0.5) is 11.4 Å². The van der Waals surface area contributed by atoms with E-state index in [1.807, 2.05) is 30.3 Å². The summed E-state index contributed by atoms with van der Waals surface area (Å²) in [5.74, 6) is 0. The molecule has 1 heterocycles. The molecule has 168 valence electrons. The van der Waals surface area contributed by atoms with Gasteiger partial charge in [0.1, 0.15) is 6.29 Å². The van der Waals surface area contributed by atoms with E-state index < -0.39 is 0 Å². The number of piperazine rings is 1. The van der Waals surface area contributed by atoms with Gasteiger partial charge in [0.15, 0.2) is 0 Å². The number of aryl methyl sites for hydroxylation is 1. The Labute approximate surface area is 196 Å². The number of likely N-dealkylation sites (N-methyl/N-ethyl adjacent to an activating group) is 1. The van der Waals surface area contributed by atoms with Crippen molar-refractivity contribution in [3.8, 4) is 0 Å². The highest BCUT2D eigenvalue weighted by atomic mass is 32.2. The van der Waals surface area contributed by atoms with Crippen LogP contribution in [0.15, 0.2) is 83.8 Å². The molecule has 4 nitrogen and oxygen atoms in total. The van der Waals surface area contributed by atoms with Crippen LogP contribution in [-0.4, -0.2) is 44.4 Å². The second-order valence-corrected chi connectivity index (χ2v) is 8.81. The molecule has 1 fully saturated rings. The maximum Gasteiger partial charge on any atom is 0.150 e. The molecular formula is C27H33N3OS. The number of hydrogen-bond donors (Lipinski definition) is 1. The van der Waals surface area contributed by atoms with Crippen LogP contribution in [0.1, 0.15) is 29.3 Å². The topological polar surface area (TPSA) is 35.6 Å². The minimum Gasteiger partial charge on any atom is -0.369 e. The number of nitrogens with zero attached hydrogens (tertiary/aromatic N) is 2. The number of benzene rings is 3. The summed E-state index contributed by atoms with van der Waals surface area (Å²) in [6, 6.07) is 26.6. The molecule has 3 aromatic carbocycles. The van der Waals surface area contributed by atoms with Gasteiger partial charge in [0.05, 0.1) is 0 Å². The largest absolute Gasteiger partial charge is 0.369 e. The van der Waals surface area contributed by atoms with Crippen molar-refractivity contribution in [1.29, 1.82) is 0 Å². The first-order chi connectivity index (χ1) is 15.7. The Morgan fingerprint density at radius 2 is 1.62 bits per heavy atom. The van der Waals surface area contributed by atoms with Gasteiger partial charge in [-0.1, -0.05) is 61.9 Å². The molecule has 3 aromatic rings. The maximum atomic E-state index is 10.7. The molecule has 0 unspecified atom stereocenters. The summed E-state index contributed by atoms with van der Waals surface area (Å²) in [5, 5.41) is 0. The third kappa shape index (κ3) is 7.43.